The van der Waals surface area contributed by atoms with Gasteiger partial charge < -0.3 is 5.32 Å². The highest BCUT2D eigenvalue weighted by molar-refractivity contribution is 7.99. The van der Waals surface area contributed by atoms with Gasteiger partial charge in [0, 0.05) is 0 Å². The van der Waals surface area contributed by atoms with Crippen LogP contribution in [0.3, 0.4) is 0 Å². The van der Waals surface area contributed by atoms with E-state index in [4.69, 9.17) is 17.2 Å². The van der Waals surface area contributed by atoms with Gasteiger partial charge in [0.15, 0.2) is 14.8 Å². The van der Waals surface area contributed by atoms with E-state index in [0.717, 1.165) is 40.4 Å². The maximum absolute atomic E-state index is 13.8. The van der Waals surface area contributed by atoms with E-state index in [0.29, 0.717) is 20.0 Å². The van der Waals surface area contributed by atoms with E-state index in [2.05, 4.69) is 5.32 Å². The first kappa shape index (κ1) is 26.9. The number of thioether (sulfide) groups is 1. The van der Waals surface area contributed by atoms with E-state index >= 15 is 0 Å². The van der Waals surface area contributed by atoms with Crippen molar-refractivity contribution in [1.82, 2.24) is 14.1 Å². The number of fused-ring (bicyclic) bond motifs is 1. The second kappa shape index (κ2) is 10.8. The molecular formula is C27H19F3N4O2S3. The summed E-state index contributed by atoms with van der Waals surface area (Å²) in [5.74, 6) is -0.960. The van der Waals surface area contributed by atoms with Crippen molar-refractivity contribution in [1.29, 1.82) is 0 Å². The van der Waals surface area contributed by atoms with Gasteiger partial charge in [-0.2, -0.15) is 13.2 Å². The van der Waals surface area contributed by atoms with Crippen LogP contribution in [-0.2, 0) is 11.0 Å². The molecule has 39 heavy (non-hydrogen) atoms. The van der Waals surface area contributed by atoms with Crippen LogP contribution in [0.5, 0.6) is 0 Å². The first-order valence-corrected chi connectivity index (χ1v) is 13.7. The highest BCUT2D eigenvalue weighted by Crippen LogP contribution is 2.35. The molecule has 0 radical (unpaired) electrons. The lowest BCUT2D eigenvalue weighted by atomic mass is 10.1. The summed E-state index contributed by atoms with van der Waals surface area (Å²) in [4.78, 5) is 31.3. The lowest BCUT2D eigenvalue weighted by molar-refractivity contribution is -0.137. The minimum absolute atomic E-state index is 0.202. The third kappa shape index (κ3) is 5.40. The minimum atomic E-state index is -4.62. The molecule has 0 aliphatic carbocycles. The van der Waals surface area contributed by atoms with E-state index in [1.807, 2.05) is 31.2 Å². The standard InChI is InChI=1S/C27H19F3N4O2S3/c1-16-9-5-8-14-20(16)34-23-22(39-26(34)37)24(36)33(17-10-3-2-4-11-17)25(32-23)38-15-21(35)31-19-13-7-6-12-18(19)27(28,29)30/h2-14H,15H2,1H3,(H,31,35). The monoisotopic (exact) mass is 584 g/mol. The van der Waals surface area contributed by atoms with Crippen molar-refractivity contribution in [3.63, 3.8) is 0 Å². The molecule has 2 heterocycles. The maximum atomic E-state index is 13.8. The number of carbonyl (C=O) groups is 1. The van der Waals surface area contributed by atoms with Crippen molar-refractivity contribution in [2.24, 2.45) is 0 Å². The Morgan fingerprint density at radius 2 is 1.67 bits per heavy atom. The number of rotatable bonds is 6. The number of para-hydroxylation sites is 3. The molecule has 1 amide bonds. The molecule has 6 nitrogen and oxygen atoms in total. The summed E-state index contributed by atoms with van der Waals surface area (Å²) >= 11 is 7.70. The molecule has 0 aliphatic rings. The third-order valence-corrected chi connectivity index (χ3v) is 8.08. The van der Waals surface area contributed by atoms with Gasteiger partial charge in [0.2, 0.25) is 5.91 Å². The molecule has 0 unspecified atom stereocenters. The zero-order chi connectivity index (χ0) is 27.7. The van der Waals surface area contributed by atoms with Crippen molar-refractivity contribution in [3.8, 4) is 11.4 Å². The molecule has 12 heteroatoms. The highest BCUT2D eigenvalue weighted by atomic mass is 32.2. The molecule has 0 aliphatic heterocycles. The Morgan fingerprint density at radius 1 is 1.00 bits per heavy atom. The molecule has 5 rings (SSSR count). The third-order valence-electron chi connectivity index (χ3n) is 5.79. The van der Waals surface area contributed by atoms with Gasteiger partial charge in [0.25, 0.3) is 5.56 Å². The largest absolute Gasteiger partial charge is 0.418 e. The molecule has 0 saturated carbocycles. The number of nitrogens with zero attached hydrogens (tertiary/aromatic N) is 3. The number of nitrogens with one attached hydrogen (secondary N) is 1. The number of aryl methyl sites for hydroxylation is 1. The number of anilines is 1. The molecule has 5 aromatic rings. The summed E-state index contributed by atoms with van der Waals surface area (Å²) in [6.45, 7) is 1.92. The minimum Gasteiger partial charge on any atom is -0.325 e. The lowest BCUT2D eigenvalue weighted by Gasteiger charge is -2.15. The van der Waals surface area contributed by atoms with Crippen LogP contribution < -0.4 is 10.9 Å². The van der Waals surface area contributed by atoms with Gasteiger partial charge >= 0.3 is 6.18 Å². The van der Waals surface area contributed by atoms with E-state index in [1.54, 1.807) is 34.9 Å². The normalized spacial score (nSPS) is 11.6. The van der Waals surface area contributed by atoms with Gasteiger partial charge in [-0.1, -0.05) is 71.6 Å². The Kier molecular flexibility index (Phi) is 7.43. The van der Waals surface area contributed by atoms with Crippen molar-refractivity contribution >= 4 is 57.3 Å². The fraction of sp³-hybridized carbons (Fsp3) is 0.111. The summed E-state index contributed by atoms with van der Waals surface area (Å²) in [7, 11) is 0. The molecule has 0 bridgehead atoms. The van der Waals surface area contributed by atoms with Gasteiger partial charge in [-0.15, -0.1) is 0 Å². The number of halogens is 3. The van der Waals surface area contributed by atoms with Gasteiger partial charge in [0.1, 0.15) is 4.70 Å². The molecule has 198 valence electrons. The molecule has 0 atom stereocenters. The quantitative estimate of drug-likeness (QED) is 0.132. The second-order valence-corrected chi connectivity index (χ2v) is 11.0. The van der Waals surface area contributed by atoms with Crippen molar-refractivity contribution in [2.75, 3.05) is 11.1 Å². The predicted molar refractivity (Wildman–Crippen MR) is 151 cm³/mol. The van der Waals surface area contributed by atoms with Crippen molar-refractivity contribution in [2.45, 2.75) is 18.3 Å². The summed E-state index contributed by atoms with van der Waals surface area (Å²) in [5.41, 5.74) is 0.936. The Balaban J connectivity index is 1.57. The first-order chi connectivity index (χ1) is 18.6. The van der Waals surface area contributed by atoms with Gasteiger partial charge in [-0.3, -0.25) is 18.7 Å². The van der Waals surface area contributed by atoms with Crippen molar-refractivity contribution < 1.29 is 18.0 Å². The fourth-order valence-corrected chi connectivity index (χ4v) is 6.11. The molecular weight excluding hydrogens is 566 g/mol. The number of alkyl halides is 3. The average molecular weight is 585 g/mol. The van der Waals surface area contributed by atoms with Crippen LogP contribution >= 0.6 is 35.3 Å². The number of hydrogen-bond acceptors (Lipinski definition) is 6. The Morgan fingerprint density at radius 3 is 2.38 bits per heavy atom. The molecule has 0 saturated heterocycles. The van der Waals surface area contributed by atoms with Gasteiger partial charge in [-0.05, 0) is 55.0 Å². The molecule has 3 aromatic carbocycles. The number of aromatic nitrogens is 3. The van der Waals surface area contributed by atoms with Crippen LogP contribution in [0.2, 0.25) is 0 Å². The summed E-state index contributed by atoms with van der Waals surface area (Å²) in [5, 5.41) is 2.53. The predicted octanol–water partition coefficient (Wildman–Crippen LogP) is 7.03. The van der Waals surface area contributed by atoms with Crippen LogP contribution in [0.25, 0.3) is 21.7 Å². The second-order valence-electron chi connectivity index (χ2n) is 8.39. The molecule has 1 N–H and O–H groups in total. The maximum Gasteiger partial charge on any atom is 0.418 e. The number of carbonyl (C=O) groups excluding carboxylic acids is 1. The first-order valence-electron chi connectivity index (χ1n) is 11.5. The summed E-state index contributed by atoms with van der Waals surface area (Å²) in [6, 6.07) is 21.1. The van der Waals surface area contributed by atoms with E-state index in [9.17, 15) is 22.8 Å². The highest BCUT2D eigenvalue weighted by Gasteiger charge is 2.33. The van der Waals surface area contributed by atoms with Crippen LogP contribution in [0.15, 0.2) is 88.8 Å². The number of thiazole rings is 1. The summed E-state index contributed by atoms with van der Waals surface area (Å²) in [6.07, 6.45) is -4.62. The Bertz CT molecular complexity index is 1810. The SMILES string of the molecule is Cc1ccccc1-n1c(=S)sc2c(=O)n(-c3ccccc3)c(SCC(=O)Nc3ccccc3C(F)(F)F)nc21. The van der Waals surface area contributed by atoms with Gasteiger partial charge in [-0.25, -0.2) is 4.98 Å². The topological polar surface area (TPSA) is 68.9 Å². The van der Waals surface area contributed by atoms with Crippen LogP contribution in [0.1, 0.15) is 11.1 Å². The Hall–Kier alpha value is -3.74. The molecule has 0 spiro atoms. The van der Waals surface area contributed by atoms with Gasteiger partial charge in [0.05, 0.1) is 28.4 Å². The lowest BCUT2D eigenvalue weighted by Crippen LogP contribution is -2.23. The zero-order valence-electron chi connectivity index (χ0n) is 20.2. The number of amides is 1. The summed E-state index contributed by atoms with van der Waals surface area (Å²) < 4.78 is 44.0. The fourth-order valence-electron chi connectivity index (χ4n) is 4.02. The van der Waals surface area contributed by atoms with Crippen LogP contribution in [0, 0.1) is 10.9 Å². The van der Waals surface area contributed by atoms with E-state index < -0.39 is 17.6 Å². The number of hydrogen-bond donors (Lipinski definition) is 1. The molecule has 0 fully saturated rings. The van der Waals surface area contributed by atoms with Crippen LogP contribution in [-0.4, -0.2) is 25.8 Å². The molecule has 2 aromatic heterocycles. The van der Waals surface area contributed by atoms with E-state index in [-0.39, 0.29) is 22.2 Å². The smallest absolute Gasteiger partial charge is 0.325 e. The van der Waals surface area contributed by atoms with Crippen molar-refractivity contribution in [3.05, 3.63) is 104 Å². The number of benzene rings is 3. The van der Waals surface area contributed by atoms with Crippen LogP contribution in [0.4, 0.5) is 18.9 Å². The zero-order valence-corrected chi connectivity index (χ0v) is 22.7. The van der Waals surface area contributed by atoms with E-state index in [1.165, 1.54) is 22.8 Å². The average Bonchev–Trinajstić information content (AvgIpc) is 3.24. The Labute approximate surface area is 233 Å².